The highest BCUT2D eigenvalue weighted by atomic mass is 35.5. The zero-order chi connectivity index (χ0) is 19.9. The number of ketones is 1. The van der Waals surface area contributed by atoms with Gasteiger partial charge in [-0.15, -0.1) is 0 Å². The van der Waals surface area contributed by atoms with E-state index in [2.05, 4.69) is 20.6 Å². The van der Waals surface area contributed by atoms with Crippen LogP contribution in [0.5, 0.6) is 0 Å². The van der Waals surface area contributed by atoms with Gasteiger partial charge < -0.3 is 10.6 Å². The van der Waals surface area contributed by atoms with Crippen molar-refractivity contribution >= 4 is 34.9 Å². The lowest BCUT2D eigenvalue weighted by molar-refractivity contribution is 0.0948. The number of halogens is 1. The Labute approximate surface area is 168 Å². The van der Waals surface area contributed by atoms with Crippen LogP contribution >= 0.6 is 11.6 Å². The van der Waals surface area contributed by atoms with Crippen molar-refractivity contribution in [2.75, 3.05) is 11.9 Å². The van der Waals surface area contributed by atoms with Crippen molar-refractivity contribution in [3.8, 4) is 0 Å². The number of carbonyl (C=O) groups excluding carboxylic acids is 2. The summed E-state index contributed by atoms with van der Waals surface area (Å²) in [6, 6.07) is 16.0. The SMILES string of the molecule is CC(=O)c1ccc(Nc2nccc(C(=O)NCCc3cccc(Cl)c3)n2)cc1. The molecule has 0 bridgehead atoms. The molecule has 6 nitrogen and oxygen atoms in total. The predicted octanol–water partition coefficient (Wildman–Crippen LogP) is 4.05. The van der Waals surface area contributed by atoms with Gasteiger partial charge in [-0.2, -0.15) is 0 Å². The van der Waals surface area contributed by atoms with Crippen LogP contribution in [0.15, 0.2) is 60.8 Å². The Morgan fingerprint density at radius 1 is 1.07 bits per heavy atom. The topological polar surface area (TPSA) is 84.0 Å². The minimum atomic E-state index is -0.278. The van der Waals surface area contributed by atoms with Gasteiger partial charge in [-0.1, -0.05) is 23.7 Å². The second kappa shape index (κ2) is 9.10. The second-order valence-corrected chi connectivity index (χ2v) is 6.60. The molecule has 3 rings (SSSR count). The third kappa shape index (κ3) is 5.37. The molecule has 0 saturated carbocycles. The number of Topliss-reactive ketones (excluding diaryl/α,β-unsaturated/α-hetero) is 1. The molecule has 0 unspecified atom stereocenters. The minimum Gasteiger partial charge on any atom is -0.350 e. The maximum atomic E-state index is 12.3. The monoisotopic (exact) mass is 394 g/mol. The van der Waals surface area contributed by atoms with Gasteiger partial charge in [0.15, 0.2) is 5.78 Å². The number of nitrogens with zero attached hydrogens (tertiary/aromatic N) is 2. The Morgan fingerprint density at radius 2 is 1.86 bits per heavy atom. The zero-order valence-corrected chi connectivity index (χ0v) is 16.0. The molecule has 7 heteroatoms. The molecule has 0 spiro atoms. The highest BCUT2D eigenvalue weighted by molar-refractivity contribution is 6.30. The fraction of sp³-hybridized carbons (Fsp3) is 0.143. The normalized spacial score (nSPS) is 10.4. The van der Waals surface area contributed by atoms with E-state index in [1.807, 2.05) is 24.3 Å². The molecule has 0 saturated heterocycles. The van der Waals surface area contributed by atoms with E-state index in [-0.39, 0.29) is 17.4 Å². The zero-order valence-electron chi connectivity index (χ0n) is 15.3. The number of hydrogen-bond acceptors (Lipinski definition) is 5. The van der Waals surface area contributed by atoms with Crippen molar-refractivity contribution in [3.63, 3.8) is 0 Å². The van der Waals surface area contributed by atoms with Crippen molar-refractivity contribution in [2.45, 2.75) is 13.3 Å². The van der Waals surface area contributed by atoms with Crippen LogP contribution in [0.2, 0.25) is 5.02 Å². The van der Waals surface area contributed by atoms with Crippen molar-refractivity contribution in [1.82, 2.24) is 15.3 Å². The average Bonchev–Trinajstić information content (AvgIpc) is 2.68. The Bertz CT molecular complexity index is 990. The molecule has 3 aromatic rings. The smallest absolute Gasteiger partial charge is 0.270 e. The van der Waals surface area contributed by atoms with Crippen LogP contribution in [-0.4, -0.2) is 28.2 Å². The quantitative estimate of drug-likeness (QED) is 0.590. The van der Waals surface area contributed by atoms with E-state index < -0.39 is 0 Å². The highest BCUT2D eigenvalue weighted by Crippen LogP contribution is 2.14. The average molecular weight is 395 g/mol. The summed E-state index contributed by atoms with van der Waals surface area (Å²) in [4.78, 5) is 32.0. The molecule has 0 aliphatic rings. The molecule has 28 heavy (non-hydrogen) atoms. The van der Waals surface area contributed by atoms with E-state index >= 15 is 0 Å². The molecule has 0 aliphatic heterocycles. The fourth-order valence-electron chi connectivity index (χ4n) is 2.57. The molecular weight excluding hydrogens is 376 g/mol. The summed E-state index contributed by atoms with van der Waals surface area (Å²) in [6.45, 7) is 1.98. The van der Waals surface area contributed by atoms with Crippen LogP contribution < -0.4 is 10.6 Å². The molecule has 1 aromatic heterocycles. The van der Waals surface area contributed by atoms with Gasteiger partial charge in [0.05, 0.1) is 0 Å². The first-order valence-corrected chi connectivity index (χ1v) is 9.13. The summed E-state index contributed by atoms with van der Waals surface area (Å²) in [6.07, 6.45) is 2.19. The number of benzene rings is 2. The summed E-state index contributed by atoms with van der Waals surface area (Å²) < 4.78 is 0. The van der Waals surface area contributed by atoms with E-state index in [1.165, 1.54) is 13.1 Å². The number of rotatable bonds is 7. The van der Waals surface area contributed by atoms with Crippen LogP contribution in [0.1, 0.15) is 33.3 Å². The van der Waals surface area contributed by atoms with Gasteiger partial charge in [0.1, 0.15) is 5.69 Å². The maximum Gasteiger partial charge on any atom is 0.270 e. The standard InChI is InChI=1S/C21H19ClN4O2/c1-14(27)16-5-7-18(8-6-16)25-21-24-12-10-19(26-21)20(28)23-11-9-15-3-2-4-17(22)13-15/h2-8,10,12-13H,9,11H2,1H3,(H,23,28)(H,24,25,26). The maximum absolute atomic E-state index is 12.3. The Morgan fingerprint density at radius 3 is 2.57 bits per heavy atom. The molecule has 1 amide bonds. The lowest BCUT2D eigenvalue weighted by Crippen LogP contribution is -2.26. The van der Waals surface area contributed by atoms with Gasteiger partial charge in [-0.05, 0) is 61.4 Å². The fourth-order valence-corrected chi connectivity index (χ4v) is 2.78. The van der Waals surface area contributed by atoms with E-state index in [4.69, 9.17) is 11.6 Å². The van der Waals surface area contributed by atoms with Crippen molar-refractivity contribution in [2.24, 2.45) is 0 Å². The van der Waals surface area contributed by atoms with Crippen LogP contribution in [0, 0.1) is 0 Å². The number of hydrogen-bond donors (Lipinski definition) is 2. The highest BCUT2D eigenvalue weighted by Gasteiger charge is 2.09. The summed E-state index contributed by atoms with van der Waals surface area (Å²) in [7, 11) is 0. The van der Waals surface area contributed by atoms with Crippen molar-refractivity contribution < 1.29 is 9.59 Å². The Hall–Kier alpha value is -3.25. The van der Waals surface area contributed by atoms with Gasteiger partial charge >= 0.3 is 0 Å². The summed E-state index contributed by atoms with van der Waals surface area (Å²) in [5.74, 6) is 0.0247. The van der Waals surface area contributed by atoms with E-state index in [0.717, 1.165) is 11.3 Å². The van der Waals surface area contributed by atoms with Crippen LogP contribution in [0.25, 0.3) is 0 Å². The van der Waals surface area contributed by atoms with Gasteiger partial charge in [0.2, 0.25) is 5.95 Å². The lowest BCUT2D eigenvalue weighted by atomic mass is 10.1. The molecule has 2 aromatic carbocycles. The minimum absolute atomic E-state index is 0.000701. The summed E-state index contributed by atoms with van der Waals surface area (Å²) in [5, 5.41) is 6.54. The largest absolute Gasteiger partial charge is 0.350 e. The van der Waals surface area contributed by atoms with Crippen LogP contribution in [0.4, 0.5) is 11.6 Å². The van der Waals surface area contributed by atoms with Crippen LogP contribution in [-0.2, 0) is 6.42 Å². The Balaban J connectivity index is 1.58. The number of aromatic nitrogens is 2. The molecular formula is C21H19ClN4O2. The van der Waals surface area contributed by atoms with Gasteiger partial charge in [0.25, 0.3) is 5.91 Å². The van der Waals surface area contributed by atoms with Crippen molar-refractivity contribution in [3.05, 3.63) is 82.6 Å². The summed E-state index contributed by atoms with van der Waals surface area (Å²) in [5.41, 5.74) is 2.67. The molecule has 142 valence electrons. The van der Waals surface area contributed by atoms with Crippen LogP contribution in [0.3, 0.4) is 0 Å². The molecule has 1 heterocycles. The van der Waals surface area contributed by atoms with E-state index in [0.29, 0.717) is 29.5 Å². The molecule has 0 aliphatic carbocycles. The second-order valence-electron chi connectivity index (χ2n) is 6.16. The number of carbonyl (C=O) groups is 2. The molecule has 0 fully saturated rings. The molecule has 0 radical (unpaired) electrons. The number of nitrogens with one attached hydrogen (secondary N) is 2. The predicted molar refractivity (Wildman–Crippen MR) is 109 cm³/mol. The molecule has 0 atom stereocenters. The summed E-state index contributed by atoms with van der Waals surface area (Å²) >= 11 is 5.96. The van der Waals surface area contributed by atoms with E-state index in [9.17, 15) is 9.59 Å². The number of amides is 1. The van der Waals surface area contributed by atoms with Crippen molar-refractivity contribution in [1.29, 1.82) is 0 Å². The number of anilines is 2. The van der Waals surface area contributed by atoms with E-state index in [1.54, 1.807) is 30.3 Å². The van der Waals surface area contributed by atoms with Gasteiger partial charge in [-0.25, -0.2) is 9.97 Å². The van der Waals surface area contributed by atoms with Gasteiger partial charge in [0, 0.05) is 29.0 Å². The Kier molecular flexibility index (Phi) is 6.34. The third-order valence-electron chi connectivity index (χ3n) is 4.02. The van der Waals surface area contributed by atoms with Gasteiger partial charge in [-0.3, -0.25) is 9.59 Å². The first-order valence-electron chi connectivity index (χ1n) is 8.75. The third-order valence-corrected chi connectivity index (χ3v) is 4.26. The first kappa shape index (κ1) is 19.5. The molecule has 2 N–H and O–H groups in total. The lowest BCUT2D eigenvalue weighted by Gasteiger charge is -2.08. The first-order chi connectivity index (χ1) is 13.5.